The van der Waals surface area contributed by atoms with Gasteiger partial charge in [0, 0.05) is 22.1 Å². The van der Waals surface area contributed by atoms with Crippen molar-refractivity contribution in [3.8, 4) is 0 Å². The number of aromatic nitrogens is 2. The van der Waals surface area contributed by atoms with Gasteiger partial charge in [-0.25, -0.2) is 9.59 Å². The molecular formula is C19H19N5O4S4. The lowest BCUT2D eigenvalue weighted by molar-refractivity contribution is -0.148. The van der Waals surface area contributed by atoms with Gasteiger partial charge in [-0.1, -0.05) is 23.1 Å². The molecule has 3 N–H and O–H groups in total. The van der Waals surface area contributed by atoms with E-state index in [4.69, 9.17) is 0 Å². The Balaban J connectivity index is 1.40. The molecule has 0 bridgehead atoms. The lowest BCUT2D eigenvalue weighted by Gasteiger charge is -2.49. The monoisotopic (exact) mass is 509 g/mol. The van der Waals surface area contributed by atoms with Gasteiger partial charge in [0.15, 0.2) is 4.34 Å². The van der Waals surface area contributed by atoms with Crippen LogP contribution in [0.4, 0.5) is 10.5 Å². The van der Waals surface area contributed by atoms with Gasteiger partial charge in [-0.05, 0) is 43.0 Å². The standard InChI is InChI=1S/C19H19N5O4S4/c1-9-22-23-19(32-9)31-8-10-7-30-16-13(15(25)24(16)14(10)17(26)27)21-18(28)20-11-3-5-12(29-2)6-4-11/h3-6,13,16H,7-8H2,1-2H3,(H,26,27)(H2,20,21,28)/t13?,16-/m1/s1. The molecule has 0 radical (unpaired) electrons. The van der Waals surface area contributed by atoms with Crippen molar-refractivity contribution in [2.45, 2.75) is 27.6 Å². The van der Waals surface area contributed by atoms with E-state index in [9.17, 15) is 19.5 Å². The predicted octanol–water partition coefficient (Wildman–Crippen LogP) is 3.10. The fraction of sp³-hybridized carbons (Fsp3) is 0.316. The van der Waals surface area contributed by atoms with E-state index < -0.39 is 29.3 Å². The van der Waals surface area contributed by atoms with E-state index >= 15 is 0 Å². The molecule has 0 aliphatic carbocycles. The van der Waals surface area contributed by atoms with E-state index in [1.165, 1.54) is 39.8 Å². The molecule has 1 saturated heterocycles. The molecule has 1 fully saturated rings. The maximum absolute atomic E-state index is 12.7. The summed E-state index contributed by atoms with van der Waals surface area (Å²) < 4.78 is 0.753. The van der Waals surface area contributed by atoms with Crippen molar-refractivity contribution >= 4 is 70.2 Å². The van der Waals surface area contributed by atoms with Gasteiger partial charge in [0.2, 0.25) is 0 Å². The molecule has 1 unspecified atom stereocenters. The fourth-order valence-corrected chi connectivity index (χ4v) is 6.97. The molecule has 168 valence electrons. The number of amides is 3. The lowest BCUT2D eigenvalue weighted by atomic mass is 10.0. The molecule has 0 spiro atoms. The van der Waals surface area contributed by atoms with Crippen LogP contribution >= 0.6 is 46.6 Å². The van der Waals surface area contributed by atoms with Crippen molar-refractivity contribution in [2.75, 3.05) is 23.1 Å². The van der Waals surface area contributed by atoms with Crippen LogP contribution in [0.1, 0.15) is 5.01 Å². The van der Waals surface area contributed by atoms with Gasteiger partial charge in [-0.3, -0.25) is 9.69 Å². The number of aryl methyl sites for hydroxylation is 1. The molecule has 32 heavy (non-hydrogen) atoms. The quantitative estimate of drug-likeness (QED) is 0.381. The van der Waals surface area contributed by atoms with Crippen LogP contribution in [0.25, 0.3) is 0 Å². The van der Waals surface area contributed by atoms with Gasteiger partial charge in [0.25, 0.3) is 5.91 Å². The maximum atomic E-state index is 12.7. The number of hydrogen-bond donors (Lipinski definition) is 3. The molecule has 3 heterocycles. The van der Waals surface area contributed by atoms with Crippen molar-refractivity contribution in [1.29, 1.82) is 0 Å². The summed E-state index contributed by atoms with van der Waals surface area (Å²) in [5.41, 5.74) is 1.26. The Hall–Kier alpha value is -2.22. The van der Waals surface area contributed by atoms with Gasteiger partial charge in [-0.2, -0.15) is 0 Å². The topological polar surface area (TPSA) is 125 Å². The number of anilines is 1. The number of carboxylic acids is 1. The first-order valence-electron chi connectivity index (χ1n) is 9.42. The lowest BCUT2D eigenvalue weighted by Crippen LogP contribution is -2.71. The number of nitrogens with one attached hydrogen (secondary N) is 2. The van der Waals surface area contributed by atoms with Crippen molar-refractivity contribution < 1.29 is 19.5 Å². The van der Waals surface area contributed by atoms with Crippen LogP contribution in [0.15, 0.2) is 44.8 Å². The summed E-state index contributed by atoms with van der Waals surface area (Å²) in [5, 5.41) is 23.5. The number of carbonyl (C=O) groups is 3. The van der Waals surface area contributed by atoms with Gasteiger partial charge in [0.05, 0.1) is 0 Å². The molecule has 13 heteroatoms. The Kier molecular flexibility index (Phi) is 6.98. The summed E-state index contributed by atoms with van der Waals surface area (Å²) in [7, 11) is 0. The Morgan fingerprint density at radius 2 is 2.03 bits per heavy atom. The molecule has 4 rings (SSSR count). The first kappa shape index (κ1) is 23.0. The number of rotatable bonds is 7. The van der Waals surface area contributed by atoms with Gasteiger partial charge < -0.3 is 15.7 Å². The number of hydrogen-bond acceptors (Lipinski definition) is 9. The Morgan fingerprint density at radius 3 is 2.66 bits per heavy atom. The first-order valence-corrected chi connectivity index (χ1v) is 13.5. The molecule has 1 aromatic heterocycles. The molecule has 2 atom stereocenters. The maximum Gasteiger partial charge on any atom is 0.352 e. The summed E-state index contributed by atoms with van der Waals surface area (Å²) in [6.07, 6.45) is 1.96. The van der Waals surface area contributed by atoms with E-state index in [2.05, 4.69) is 20.8 Å². The summed E-state index contributed by atoms with van der Waals surface area (Å²) >= 11 is 5.88. The van der Waals surface area contributed by atoms with Gasteiger partial charge in [0.1, 0.15) is 22.1 Å². The number of thioether (sulfide) groups is 3. The molecule has 1 aromatic carbocycles. The zero-order valence-corrected chi connectivity index (χ0v) is 20.3. The van der Waals surface area contributed by atoms with Crippen LogP contribution < -0.4 is 10.6 Å². The highest BCUT2D eigenvalue weighted by Gasteiger charge is 2.54. The van der Waals surface area contributed by atoms with Gasteiger partial charge in [-0.15, -0.1) is 33.7 Å². The molecule has 2 aromatic rings. The normalized spacial score (nSPS) is 19.9. The Labute approximate surface area is 200 Å². The van der Waals surface area contributed by atoms with Crippen molar-refractivity contribution in [1.82, 2.24) is 20.4 Å². The van der Waals surface area contributed by atoms with E-state index in [0.29, 0.717) is 22.8 Å². The van der Waals surface area contributed by atoms with Crippen LogP contribution in [-0.4, -0.2) is 67.3 Å². The second kappa shape index (κ2) is 9.73. The van der Waals surface area contributed by atoms with Crippen molar-refractivity contribution in [3.05, 3.63) is 40.5 Å². The summed E-state index contributed by atoms with van der Waals surface area (Å²) in [4.78, 5) is 39.4. The van der Waals surface area contributed by atoms with E-state index in [1.807, 2.05) is 25.3 Å². The zero-order chi connectivity index (χ0) is 22.8. The number of nitrogens with zero attached hydrogens (tertiary/aromatic N) is 3. The third-order valence-corrected chi connectivity index (χ3v) is 8.90. The van der Waals surface area contributed by atoms with Crippen LogP contribution in [-0.2, 0) is 9.59 Å². The highest BCUT2D eigenvalue weighted by molar-refractivity contribution is 8.01. The second-order valence-electron chi connectivity index (χ2n) is 6.85. The van der Waals surface area contributed by atoms with Gasteiger partial charge >= 0.3 is 12.0 Å². The largest absolute Gasteiger partial charge is 0.477 e. The highest BCUT2D eigenvalue weighted by Crippen LogP contribution is 2.41. The fourth-order valence-electron chi connectivity index (χ4n) is 3.26. The van der Waals surface area contributed by atoms with Crippen molar-refractivity contribution in [3.63, 3.8) is 0 Å². The third kappa shape index (κ3) is 4.75. The van der Waals surface area contributed by atoms with Crippen LogP contribution in [0.2, 0.25) is 0 Å². The molecule has 9 nitrogen and oxygen atoms in total. The zero-order valence-electron chi connectivity index (χ0n) is 17.0. The number of urea groups is 1. The highest BCUT2D eigenvalue weighted by atomic mass is 32.2. The summed E-state index contributed by atoms with van der Waals surface area (Å²) in [6, 6.07) is 6.06. The van der Waals surface area contributed by atoms with Crippen LogP contribution in [0, 0.1) is 6.92 Å². The minimum Gasteiger partial charge on any atom is -0.477 e. The number of carboxylic acid groups (broad SMARTS) is 1. The number of benzene rings is 1. The molecular weight excluding hydrogens is 491 g/mol. The number of fused-ring (bicyclic) bond motifs is 1. The Morgan fingerprint density at radius 1 is 1.28 bits per heavy atom. The molecule has 3 amide bonds. The number of aliphatic carboxylic acids is 1. The molecule has 2 aliphatic rings. The first-order chi connectivity index (χ1) is 15.4. The summed E-state index contributed by atoms with van der Waals surface area (Å²) in [5.74, 6) is -0.715. The van der Waals surface area contributed by atoms with E-state index in [0.717, 1.165) is 14.2 Å². The van der Waals surface area contributed by atoms with Crippen molar-refractivity contribution in [2.24, 2.45) is 0 Å². The minimum absolute atomic E-state index is 0.00130. The van der Waals surface area contributed by atoms with Crippen LogP contribution in [0.3, 0.4) is 0 Å². The number of β-lactam (4-membered cyclic amide) rings is 1. The smallest absolute Gasteiger partial charge is 0.352 e. The SMILES string of the molecule is CSc1ccc(NC(=O)NC2C(=O)N3C(C(=O)O)=C(CSc4nnc(C)s4)CS[C@H]23)cc1. The Bertz CT molecular complexity index is 1090. The molecule has 0 saturated carbocycles. The van der Waals surface area contributed by atoms with Crippen LogP contribution in [0.5, 0.6) is 0 Å². The third-order valence-electron chi connectivity index (χ3n) is 4.76. The van der Waals surface area contributed by atoms with E-state index in [1.54, 1.807) is 23.9 Å². The summed E-state index contributed by atoms with van der Waals surface area (Å²) in [6.45, 7) is 1.85. The minimum atomic E-state index is -1.15. The second-order valence-corrected chi connectivity index (χ2v) is 11.2. The number of carbonyl (C=O) groups excluding carboxylic acids is 2. The predicted molar refractivity (Wildman–Crippen MR) is 127 cm³/mol. The average Bonchev–Trinajstić information content (AvgIpc) is 3.20. The average molecular weight is 510 g/mol. The van der Waals surface area contributed by atoms with E-state index in [-0.39, 0.29) is 5.70 Å². The molecule has 2 aliphatic heterocycles.